The third-order valence-corrected chi connectivity index (χ3v) is 3.31. The van der Waals surface area contributed by atoms with Gasteiger partial charge in [-0.2, -0.15) is 0 Å². The van der Waals surface area contributed by atoms with Crippen LogP contribution in [0.4, 0.5) is 11.6 Å². The molecule has 0 radical (unpaired) electrons. The van der Waals surface area contributed by atoms with E-state index in [2.05, 4.69) is 30.8 Å². The lowest BCUT2D eigenvalue weighted by Crippen LogP contribution is -2.35. The number of hydrogen-bond acceptors (Lipinski definition) is 5. The number of aliphatic hydroxyl groups excluding tert-OH is 1. The van der Waals surface area contributed by atoms with E-state index in [1.54, 1.807) is 6.20 Å². The summed E-state index contributed by atoms with van der Waals surface area (Å²) in [6, 6.07) is 0. The van der Waals surface area contributed by atoms with Gasteiger partial charge in [0.2, 0.25) is 0 Å². The fourth-order valence-electron chi connectivity index (χ4n) is 1.93. The van der Waals surface area contributed by atoms with Crippen molar-refractivity contribution in [3.63, 3.8) is 0 Å². The molecule has 88 valence electrons. The summed E-state index contributed by atoms with van der Waals surface area (Å²) in [7, 11) is 0. The number of nitrogens with zero attached hydrogens (tertiary/aromatic N) is 3. The van der Waals surface area contributed by atoms with Crippen molar-refractivity contribution in [2.45, 2.75) is 12.8 Å². The molecule has 5 nitrogen and oxygen atoms in total. The van der Waals surface area contributed by atoms with E-state index in [-0.39, 0.29) is 6.61 Å². The third-order valence-electron chi connectivity index (χ3n) is 2.92. The Kier molecular flexibility index (Phi) is 3.60. The molecule has 0 unspecified atom stereocenters. The summed E-state index contributed by atoms with van der Waals surface area (Å²) in [5.41, 5.74) is 5.80. The van der Waals surface area contributed by atoms with Crippen molar-refractivity contribution >= 4 is 27.6 Å². The molecule has 0 atom stereocenters. The number of aromatic nitrogens is 2. The summed E-state index contributed by atoms with van der Waals surface area (Å²) in [5, 5.41) is 9.07. The number of nitrogens with two attached hydrogens (primary N) is 1. The van der Waals surface area contributed by atoms with Crippen LogP contribution in [0.25, 0.3) is 0 Å². The molecule has 0 saturated carbocycles. The summed E-state index contributed by atoms with van der Waals surface area (Å²) in [6.45, 7) is 2.02. The fourth-order valence-corrected chi connectivity index (χ4v) is 2.20. The summed E-state index contributed by atoms with van der Waals surface area (Å²) < 4.78 is 0.695. The zero-order valence-electron chi connectivity index (χ0n) is 8.93. The second kappa shape index (κ2) is 4.97. The highest BCUT2D eigenvalue weighted by Gasteiger charge is 2.21. The number of halogens is 1. The van der Waals surface area contributed by atoms with Crippen LogP contribution >= 0.6 is 15.9 Å². The normalized spacial score (nSPS) is 17.8. The summed E-state index contributed by atoms with van der Waals surface area (Å²) in [4.78, 5) is 10.5. The molecule has 2 rings (SSSR count). The number of rotatable bonds is 2. The monoisotopic (exact) mass is 286 g/mol. The Morgan fingerprint density at radius 3 is 2.81 bits per heavy atom. The van der Waals surface area contributed by atoms with E-state index in [1.807, 2.05) is 0 Å². The Morgan fingerprint density at radius 2 is 2.19 bits per heavy atom. The molecule has 1 aliphatic rings. The van der Waals surface area contributed by atoms with Crippen LogP contribution in [-0.4, -0.2) is 34.8 Å². The maximum absolute atomic E-state index is 9.07. The summed E-state index contributed by atoms with van der Waals surface area (Å²) >= 11 is 3.29. The number of anilines is 2. The van der Waals surface area contributed by atoms with Gasteiger partial charge in [-0.15, -0.1) is 0 Å². The van der Waals surface area contributed by atoms with Crippen LogP contribution in [0.3, 0.4) is 0 Å². The first kappa shape index (κ1) is 11.6. The van der Waals surface area contributed by atoms with Crippen molar-refractivity contribution in [1.82, 2.24) is 9.97 Å². The largest absolute Gasteiger partial charge is 0.396 e. The van der Waals surface area contributed by atoms with Gasteiger partial charge in [0.05, 0.1) is 6.20 Å². The van der Waals surface area contributed by atoms with Crippen LogP contribution in [0.15, 0.2) is 10.8 Å². The number of piperidine rings is 1. The lowest BCUT2D eigenvalue weighted by Gasteiger charge is -2.32. The fraction of sp³-hybridized carbons (Fsp3) is 0.600. The molecule has 3 N–H and O–H groups in total. The molecule has 1 fully saturated rings. The molecule has 0 aromatic carbocycles. The number of aliphatic hydroxyl groups is 1. The topological polar surface area (TPSA) is 75.3 Å². The predicted octanol–water partition coefficient (Wildman–Crippen LogP) is 1.03. The molecule has 0 spiro atoms. The molecule has 1 aromatic heterocycles. The number of hydrogen-bond donors (Lipinski definition) is 2. The van der Waals surface area contributed by atoms with Gasteiger partial charge < -0.3 is 15.7 Å². The molecule has 1 saturated heterocycles. The van der Waals surface area contributed by atoms with E-state index in [0.29, 0.717) is 16.3 Å². The van der Waals surface area contributed by atoms with Gasteiger partial charge in [0.25, 0.3) is 0 Å². The quantitative estimate of drug-likeness (QED) is 0.849. The lowest BCUT2D eigenvalue weighted by molar-refractivity contribution is 0.203. The van der Waals surface area contributed by atoms with E-state index in [4.69, 9.17) is 10.8 Å². The van der Waals surface area contributed by atoms with Crippen LogP contribution < -0.4 is 10.6 Å². The van der Waals surface area contributed by atoms with Crippen molar-refractivity contribution in [1.29, 1.82) is 0 Å². The molecule has 16 heavy (non-hydrogen) atoms. The van der Waals surface area contributed by atoms with E-state index in [1.165, 1.54) is 0 Å². The second-order valence-electron chi connectivity index (χ2n) is 4.01. The standard InChI is InChI=1S/C10H15BrN4O/c11-8-5-13-9(12)10(14-8)15-3-1-7(6-16)2-4-15/h5,7,16H,1-4,6H2,(H2,12,13). The molecule has 2 heterocycles. The van der Waals surface area contributed by atoms with E-state index >= 15 is 0 Å². The highest BCUT2D eigenvalue weighted by Crippen LogP contribution is 2.25. The maximum atomic E-state index is 9.07. The van der Waals surface area contributed by atoms with Gasteiger partial charge in [0.15, 0.2) is 11.6 Å². The molecular weight excluding hydrogens is 272 g/mol. The van der Waals surface area contributed by atoms with Gasteiger partial charge >= 0.3 is 0 Å². The number of nitrogen functional groups attached to an aromatic ring is 1. The average Bonchev–Trinajstić information content (AvgIpc) is 2.32. The molecule has 0 amide bonds. The van der Waals surface area contributed by atoms with Gasteiger partial charge in [-0.3, -0.25) is 0 Å². The smallest absolute Gasteiger partial charge is 0.172 e. The first-order valence-corrected chi connectivity index (χ1v) is 6.14. The third kappa shape index (κ3) is 2.44. The van der Waals surface area contributed by atoms with Gasteiger partial charge in [-0.1, -0.05) is 0 Å². The van der Waals surface area contributed by atoms with Gasteiger partial charge in [0, 0.05) is 19.7 Å². The lowest BCUT2D eigenvalue weighted by atomic mass is 9.98. The van der Waals surface area contributed by atoms with Crippen LogP contribution in [-0.2, 0) is 0 Å². The first-order valence-electron chi connectivity index (χ1n) is 5.34. The Balaban J connectivity index is 2.10. The highest BCUT2D eigenvalue weighted by molar-refractivity contribution is 9.10. The molecule has 1 aliphatic heterocycles. The molecule has 6 heteroatoms. The SMILES string of the molecule is Nc1ncc(Br)nc1N1CCC(CO)CC1. The van der Waals surface area contributed by atoms with E-state index in [0.717, 1.165) is 31.7 Å². The zero-order chi connectivity index (χ0) is 11.5. The van der Waals surface area contributed by atoms with Crippen LogP contribution in [0, 0.1) is 5.92 Å². The summed E-state index contributed by atoms with van der Waals surface area (Å²) in [5.74, 6) is 1.62. The Morgan fingerprint density at radius 1 is 1.50 bits per heavy atom. The van der Waals surface area contributed by atoms with Crippen molar-refractivity contribution < 1.29 is 5.11 Å². The van der Waals surface area contributed by atoms with Crippen molar-refractivity contribution in [2.75, 3.05) is 30.3 Å². The van der Waals surface area contributed by atoms with Gasteiger partial charge in [0.1, 0.15) is 4.60 Å². The van der Waals surface area contributed by atoms with Crippen LogP contribution in [0.5, 0.6) is 0 Å². The van der Waals surface area contributed by atoms with Crippen LogP contribution in [0.2, 0.25) is 0 Å². The second-order valence-corrected chi connectivity index (χ2v) is 4.83. The predicted molar refractivity (Wildman–Crippen MR) is 66.2 cm³/mol. The van der Waals surface area contributed by atoms with Crippen molar-refractivity contribution in [3.8, 4) is 0 Å². The minimum absolute atomic E-state index is 0.271. The minimum Gasteiger partial charge on any atom is -0.396 e. The molecule has 1 aromatic rings. The molecule has 0 aliphatic carbocycles. The van der Waals surface area contributed by atoms with Gasteiger partial charge in [-0.25, -0.2) is 9.97 Å². The van der Waals surface area contributed by atoms with Gasteiger partial charge in [-0.05, 0) is 34.7 Å². The first-order chi connectivity index (χ1) is 7.70. The zero-order valence-corrected chi connectivity index (χ0v) is 10.5. The van der Waals surface area contributed by atoms with E-state index < -0.39 is 0 Å². The minimum atomic E-state index is 0.271. The van der Waals surface area contributed by atoms with Crippen molar-refractivity contribution in [2.24, 2.45) is 5.92 Å². The van der Waals surface area contributed by atoms with E-state index in [9.17, 15) is 0 Å². The summed E-state index contributed by atoms with van der Waals surface area (Å²) in [6.07, 6.45) is 3.55. The average molecular weight is 287 g/mol. The highest BCUT2D eigenvalue weighted by atomic mass is 79.9. The van der Waals surface area contributed by atoms with Crippen molar-refractivity contribution in [3.05, 3.63) is 10.8 Å². The maximum Gasteiger partial charge on any atom is 0.172 e. The van der Waals surface area contributed by atoms with Crippen LogP contribution in [0.1, 0.15) is 12.8 Å². The Hall–Kier alpha value is -0.880. The Bertz CT molecular complexity index is 366. The molecule has 0 bridgehead atoms. The molecular formula is C10H15BrN4O. The Labute approximate surface area is 103 Å².